The van der Waals surface area contributed by atoms with Crippen LogP contribution in [0.25, 0.3) is 10.8 Å². The van der Waals surface area contributed by atoms with Gasteiger partial charge in [-0.15, -0.1) is 0 Å². The maximum Gasteiger partial charge on any atom is 0.337 e. The standard InChI is InChI=1S/C17H21N3O5/c1-10(2)8-20-15(22)12-7-5-4-6-11(12)13(19-20)14(21)18-9-17(3,25)16(23)24/h4-7,10,25H,8-9H2,1-3H3,(H,18,21)(H,23,24). The van der Waals surface area contributed by atoms with Crippen LogP contribution in [0.4, 0.5) is 0 Å². The van der Waals surface area contributed by atoms with E-state index in [-0.39, 0.29) is 17.2 Å². The van der Waals surface area contributed by atoms with Crippen molar-refractivity contribution in [2.45, 2.75) is 32.9 Å². The largest absolute Gasteiger partial charge is 0.479 e. The Morgan fingerprint density at radius 2 is 1.88 bits per heavy atom. The molecular weight excluding hydrogens is 326 g/mol. The van der Waals surface area contributed by atoms with Crippen LogP contribution in [-0.2, 0) is 11.3 Å². The first-order valence-corrected chi connectivity index (χ1v) is 7.87. The van der Waals surface area contributed by atoms with E-state index in [2.05, 4.69) is 10.4 Å². The number of amides is 1. The van der Waals surface area contributed by atoms with E-state index in [1.54, 1.807) is 24.3 Å². The summed E-state index contributed by atoms with van der Waals surface area (Å²) in [7, 11) is 0. The summed E-state index contributed by atoms with van der Waals surface area (Å²) in [5, 5.41) is 25.9. The first-order chi connectivity index (χ1) is 11.6. The zero-order chi connectivity index (χ0) is 18.8. The van der Waals surface area contributed by atoms with E-state index >= 15 is 0 Å². The molecule has 1 unspecified atom stereocenters. The molecule has 25 heavy (non-hydrogen) atoms. The monoisotopic (exact) mass is 347 g/mol. The van der Waals surface area contributed by atoms with Gasteiger partial charge in [-0.05, 0) is 18.9 Å². The molecule has 3 N–H and O–H groups in total. The Hall–Kier alpha value is -2.74. The number of fused-ring (bicyclic) bond motifs is 1. The van der Waals surface area contributed by atoms with Crippen LogP contribution >= 0.6 is 0 Å². The van der Waals surface area contributed by atoms with Crippen LogP contribution in [0.3, 0.4) is 0 Å². The normalized spacial score (nSPS) is 13.6. The maximum atomic E-state index is 12.5. The number of carboxylic acids is 1. The number of nitrogens with one attached hydrogen (secondary N) is 1. The van der Waals surface area contributed by atoms with Gasteiger partial charge in [0.1, 0.15) is 0 Å². The number of hydrogen-bond donors (Lipinski definition) is 3. The zero-order valence-corrected chi connectivity index (χ0v) is 14.3. The molecule has 0 radical (unpaired) electrons. The number of hydrogen-bond acceptors (Lipinski definition) is 5. The lowest BCUT2D eigenvalue weighted by Crippen LogP contribution is -2.47. The Kier molecular flexibility index (Phi) is 5.22. The summed E-state index contributed by atoms with van der Waals surface area (Å²) in [4.78, 5) is 35.9. The molecule has 0 aliphatic rings. The molecule has 134 valence electrons. The summed E-state index contributed by atoms with van der Waals surface area (Å²) < 4.78 is 1.23. The second kappa shape index (κ2) is 7.02. The number of nitrogens with zero attached hydrogens (tertiary/aromatic N) is 2. The van der Waals surface area contributed by atoms with Gasteiger partial charge in [-0.3, -0.25) is 9.59 Å². The third-order valence-corrected chi connectivity index (χ3v) is 3.67. The highest BCUT2D eigenvalue weighted by atomic mass is 16.4. The van der Waals surface area contributed by atoms with Gasteiger partial charge in [0.05, 0.1) is 11.9 Å². The molecule has 1 aromatic heterocycles. The number of carbonyl (C=O) groups excluding carboxylic acids is 1. The third-order valence-electron chi connectivity index (χ3n) is 3.67. The Morgan fingerprint density at radius 3 is 2.44 bits per heavy atom. The van der Waals surface area contributed by atoms with Gasteiger partial charge in [-0.1, -0.05) is 32.0 Å². The summed E-state index contributed by atoms with van der Waals surface area (Å²) in [6.45, 7) is 4.79. The van der Waals surface area contributed by atoms with Crippen molar-refractivity contribution in [3.05, 3.63) is 40.3 Å². The van der Waals surface area contributed by atoms with Gasteiger partial charge >= 0.3 is 5.97 Å². The molecule has 0 spiro atoms. The predicted molar refractivity (Wildman–Crippen MR) is 91.4 cm³/mol. The SMILES string of the molecule is CC(C)Cn1nc(C(=O)NCC(C)(O)C(=O)O)c2ccccc2c1=O. The van der Waals surface area contributed by atoms with Crippen molar-refractivity contribution < 1.29 is 19.8 Å². The molecule has 1 heterocycles. The van der Waals surface area contributed by atoms with Gasteiger partial charge in [-0.25, -0.2) is 9.48 Å². The average Bonchev–Trinajstić information content (AvgIpc) is 2.55. The fourth-order valence-electron chi connectivity index (χ4n) is 2.28. The highest BCUT2D eigenvalue weighted by Crippen LogP contribution is 2.14. The Balaban J connectivity index is 2.46. The number of aliphatic hydroxyl groups is 1. The molecular formula is C17H21N3O5. The van der Waals surface area contributed by atoms with Gasteiger partial charge in [0.2, 0.25) is 0 Å². The van der Waals surface area contributed by atoms with Crippen LogP contribution in [0.2, 0.25) is 0 Å². The van der Waals surface area contributed by atoms with E-state index in [9.17, 15) is 19.5 Å². The van der Waals surface area contributed by atoms with Crippen LogP contribution in [0.5, 0.6) is 0 Å². The summed E-state index contributed by atoms with van der Waals surface area (Å²) in [5.41, 5.74) is -2.38. The van der Waals surface area contributed by atoms with Crippen molar-refractivity contribution in [1.82, 2.24) is 15.1 Å². The van der Waals surface area contributed by atoms with Crippen molar-refractivity contribution in [1.29, 1.82) is 0 Å². The first-order valence-electron chi connectivity index (χ1n) is 7.87. The molecule has 1 atom stereocenters. The number of benzene rings is 1. The van der Waals surface area contributed by atoms with Crippen molar-refractivity contribution >= 4 is 22.6 Å². The smallest absolute Gasteiger partial charge is 0.337 e. The minimum absolute atomic E-state index is 0.0111. The second-order valence-corrected chi connectivity index (χ2v) is 6.54. The average molecular weight is 347 g/mol. The van der Waals surface area contributed by atoms with Gasteiger partial charge < -0.3 is 15.5 Å². The van der Waals surface area contributed by atoms with Crippen molar-refractivity contribution in [3.8, 4) is 0 Å². The highest BCUT2D eigenvalue weighted by molar-refractivity contribution is 6.04. The van der Waals surface area contributed by atoms with Crippen molar-refractivity contribution in [2.75, 3.05) is 6.54 Å². The summed E-state index contributed by atoms with van der Waals surface area (Å²) >= 11 is 0. The van der Waals surface area contributed by atoms with Crippen LogP contribution in [0.1, 0.15) is 31.3 Å². The number of carbonyl (C=O) groups is 2. The van der Waals surface area contributed by atoms with Gasteiger partial charge in [0.25, 0.3) is 11.5 Å². The zero-order valence-electron chi connectivity index (χ0n) is 14.3. The predicted octanol–water partition coefficient (Wildman–Crippen LogP) is 0.618. The van der Waals surface area contributed by atoms with E-state index in [4.69, 9.17) is 5.11 Å². The molecule has 8 heteroatoms. The van der Waals surface area contributed by atoms with Crippen LogP contribution < -0.4 is 10.9 Å². The third kappa shape index (κ3) is 4.03. The van der Waals surface area contributed by atoms with E-state index < -0.39 is 24.0 Å². The van der Waals surface area contributed by atoms with Gasteiger partial charge in [-0.2, -0.15) is 5.10 Å². The minimum atomic E-state index is -2.10. The maximum absolute atomic E-state index is 12.5. The lowest BCUT2D eigenvalue weighted by molar-refractivity contribution is -0.155. The molecule has 2 aromatic rings. The topological polar surface area (TPSA) is 122 Å². The minimum Gasteiger partial charge on any atom is -0.479 e. The van der Waals surface area contributed by atoms with Gasteiger partial charge in [0, 0.05) is 11.9 Å². The lowest BCUT2D eigenvalue weighted by atomic mass is 10.1. The summed E-state index contributed by atoms with van der Waals surface area (Å²) in [5.74, 6) is -1.96. The first kappa shape index (κ1) is 18.6. The fraction of sp³-hybridized carbons (Fsp3) is 0.412. The molecule has 1 amide bonds. The molecule has 0 bridgehead atoms. The van der Waals surface area contributed by atoms with Crippen LogP contribution in [0, 0.1) is 5.92 Å². The fourth-order valence-corrected chi connectivity index (χ4v) is 2.28. The molecule has 0 saturated carbocycles. The number of aliphatic carboxylic acids is 1. The Bertz CT molecular complexity index is 870. The van der Waals surface area contributed by atoms with Crippen molar-refractivity contribution in [2.24, 2.45) is 5.92 Å². The van der Waals surface area contributed by atoms with Crippen LogP contribution in [0.15, 0.2) is 29.1 Å². The Labute approximate surface area is 144 Å². The Morgan fingerprint density at radius 1 is 1.28 bits per heavy atom. The molecule has 0 aliphatic heterocycles. The lowest BCUT2D eigenvalue weighted by Gasteiger charge is -2.18. The van der Waals surface area contributed by atoms with Gasteiger partial charge in [0.15, 0.2) is 11.3 Å². The van der Waals surface area contributed by atoms with Crippen molar-refractivity contribution in [3.63, 3.8) is 0 Å². The van der Waals surface area contributed by atoms with E-state index in [0.29, 0.717) is 17.3 Å². The quantitative estimate of drug-likeness (QED) is 0.704. The molecule has 8 nitrogen and oxygen atoms in total. The molecule has 0 saturated heterocycles. The highest BCUT2D eigenvalue weighted by Gasteiger charge is 2.31. The second-order valence-electron chi connectivity index (χ2n) is 6.54. The number of rotatable bonds is 6. The molecule has 0 fully saturated rings. The van der Waals surface area contributed by atoms with E-state index in [0.717, 1.165) is 6.92 Å². The number of carboxylic acid groups (broad SMARTS) is 1. The molecule has 0 aliphatic carbocycles. The van der Waals surface area contributed by atoms with E-state index in [1.165, 1.54) is 4.68 Å². The summed E-state index contributed by atoms with van der Waals surface area (Å²) in [6.07, 6.45) is 0. The molecule has 1 aromatic carbocycles. The molecule has 2 rings (SSSR count). The van der Waals surface area contributed by atoms with E-state index in [1.807, 2.05) is 13.8 Å². The summed E-state index contributed by atoms with van der Waals surface area (Å²) in [6, 6.07) is 6.59. The van der Waals surface area contributed by atoms with Crippen LogP contribution in [-0.4, -0.2) is 44.0 Å². The number of aromatic nitrogens is 2.